The highest BCUT2D eigenvalue weighted by molar-refractivity contribution is 7.12. The molecule has 3 N–H and O–H groups in total. The van der Waals surface area contributed by atoms with Gasteiger partial charge in [0.2, 0.25) is 0 Å². The molecule has 0 aliphatic rings. The normalized spacial score (nSPS) is 11.9. The maximum atomic E-state index is 13.6. The number of carbonyl (C=O) groups excluding carboxylic acids is 1. The molecule has 0 fully saturated rings. The number of aromatic amines is 1. The van der Waals surface area contributed by atoms with E-state index < -0.39 is 6.04 Å². The molecule has 0 bridgehead atoms. The molecule has 8 heteroatoms. The highest BCUT2D eigenvalue weighted by Gasteiger charge is 2.20. The average Bonchev–Trinajstić information content (AvgIpc) is 3.37. The van der Waals surface area contributed by atoms with Crippen molar-refractivity contribution in [1.29, 1.82) is 0 Å². The molecule has 0 aliphatic carbocycles. The molecule has 1 atom stereocenters. The molecule has 4 aromatic rings. The van der Waals surface area contributed by atoms with Crippen molar-refractivity contribution in [3.63, 3.8) is 0 Å². The van der Waals surface area contributed by atoms with E-state index in [9.17, 15) is 9.18 Å². The van der Waals surface area contributed by atoms with E-state index in [0.717, 1.165) is 16.7 Å². The van der Waals surface area contributed by atoms with Gasteiger partial charge in [0.05, 0.1) is 24.0 Å². The fraction of sp³-hybridized carbons (Fsp3) is 0.0952. The molecule has 0 aliphatic heterocycles. The number of carbonyl (C=O) groups is 1. The maximum Gasteiger partial charge on any atom is 0.264 e. The van der Waals surface area contributed by atoms with Crippen molar-refractivity contribution in [2.75, 3.05) is 11.9 Å². The highest BCUT2D eigenvalue weighted by atomic mass is 32.1. The summed E-state index contributed by atoms with van der Waals surface area (Å²) in [6.45, 7) is 3.75. The zero-order chi connectivity index (χ0) is 20.2. The molecule has 29 heavy (non-hydrogen) atoms. The summed E-state index contributed by atoms with van der Waals surface area (Å²) in [5.74, 6) is -0.628. The van der Waals surface area contributed by atoms with Crippen LogP contribution in [0, 0.1) is 5.82 Å². The van der Waals surface area contributed by atoms with Gasteiger partial charge in [0.15, 0.2) is 0 Å². The third-order valence-corrected chi connectivity index (χ3v) is 5.38. The van der Waals surface area contributed by atoms with Gasteiger partial charge in [0.1, 0.15) is 16.3 Å². The Morgan fingerprint density at radius 1 is 1.28 bits per heavy atom. The number of hydrogen-bond acceptors (Lipinski definition) is 5. The number of hydrogen-bond donors (Lipinski definition) is 3. The van der Waals surface area contributed by atoms with Crippen molar-refractivity contribution in [2.24, 2.45) is 4.99 Å². The van der Waals surface area contributed by atoms with Gasteiger partial charge in [-0.3, -0.25) is 9.79 Å². The average molecular weight is 407 g/mol. The standard InChI is InChI=1S/C21H18FN5OS/c1-23-12-18(13-3-2-4-14(22)11-13)27-21(28)19-17(7-10-29-19)26-16-6-9-25-20-15(16)5-8-24-20/h2-11,18H,1,12H2,(H,27,28)(H2,24,25,26)/t18-/m1/s1. The van der Waals surface area contributed by atoms with E-state index in [2.05, 4.69) is 32.3 Å². The van der Waals surface area contributed by atoms with Crippen LogP contribution in [0.2, 0.25) is 0 Å². The van der Waals surface area contributed by atoms with E-state index in [-0.39, 0.29) is 18.3 Å². The molecule has 0 radical (unpaired) electrons. The number of thiophene rings is 1. The van der Waals surface area contributed by atoms with Crippen molar-refractivity contribution < 1.29 is 9.18 Å². The first-order valence-corrected chi connectivity index (χ1v) is 9.79. The number of H-pyrrole nitrogens is 1. The quantitative estimate of drug-likeness (QED) is 0.389. The van der Waals surface area contributed by atoms with Crippen LogP contribution in [0.15, 0.2) is 65.2 Å². The van der Waals surface area contributed by atoms with Crippen LogP contribution in [0.5, 0.6) is 0 Å². The first kappa shape index (κ1) is 18.8. The van der Waals surface area contributed by atoms with E-state index in [4.69, 9.17) is 0 Å². The lowest BCUT2D eigenvalue weighted by atomic mass is 10.1. The van der Waals surface area contributed by atoms with E-state index in [1.807, 2.05) is 29.8 Å². The number of amides is 1. The van der Waals surface area contributed by atoms with Gasteiger partial charge < -0.3 is 15.6 Å². The number of fused-ring (bicyclic) bond motifs is 1. The van der Waals surface area contributed by atoms with Crippen LogP contribution >= 0.6 is 11.3 Å². The number of anilines is 2. The Labute approximate surface area is 170 Å². The van der Waals surface area contributed by atoms with E-state index in [1.54, 1.807) is 18.3 Å². The minimum absolute atomic E-state index is 0.248. The summed E-state index contributed by atoms with van der Waals surface area (Å²) >= 11 is 1.32. The Bertz CT molecular complexity index is 1170. The van der Waals surface area contributed by atoms with Crippen LogP contribution in [-0.4, -0.2) is 29.1 Å². The molecular formula is C21H18FN5OS. The summed E-state index contributed by atoms with van der Waals surface area (Å²) in [4.78, 5) is 24.7. The number of nitrogens with zero attached hydrogens (tertiary/aromatic N) is 2. The van der Waals surface area contributed by atoms with Crippen molar-refractivity contribution in [2.45, 2.75) is 6.04 Å². The summed E-state index contributed by atoms with van der Waals surface area (Å²) < 4.78 is 13.6. The van der Waals surface area contributed by atoms with Gasteiger partial charge in [-0.05, 0) is 48.0 Å². The summed E-state index contributed by atoms with van der Waals surface area (Å²) in [5, 5.41) is 9.02. The monoisotopic (exact) mass is 407 g/mol. The molecule has 0 spiro atoms. The predicted molar refractivity (Wildman–Crippen MR) is 115 cm³/mol. The SMILES string of the molecule is C=NC[C@@H](NC(=O)c1sccc1Nc1ccnc2[nH]ccc12)c1cccc(F)c1. The zero-order valence-electron chi connectivity index (χ0n) is 15.4. The molecule has 0 saturated carbocycles. The number of rotatable bonds is 7. The fourth-order valence-corrected chi connectivity index (χ4v) is 3.86. The minimum Gasteiger partial charge on any atom is -0.354 e. The second kappa shape index (κ2) is 8.24. The topological polar surface area (TPSA) is 82.2 Å². The molecule has 0 unspecified atom stereocenters. The van der Waals surface area contributed by atoms with Crippen molar-refractivity contribution >= 4 is 46.4 Å². The van der Waals surface area contributed by atoms with Crippen molar-refractivity contribution in [1.82, 2.24) is 15.3 Å². The number of aliphatic imine (C=N–C) groups is 1. The summed E-state index contributed by atoms with van der Waals surface area (Å²) in [6, 6.07) is 11.3. The maximum absolute atomic E-state index is 13.6. The van der Waals surface area contributed by atoms with E-state index >= 15 is 0 Å². The highest BCUT2D eigenvalue weighted by Crippen LogP contribution is 2.30. The molecule has 4 rings (SSSR count). The lowest BCUT2D eigenvalue weighted by molar-refractivity contribution is 0.0943. The Hall–Kier alpha value is -3.52. The number of halogens is 1. The van der Waals surface area contributed by atoms with Crippen LogP contribution in [0.25, 0.3) is 11.0 Å². The summed E-state index contributed by atoms with van der Waals surface area (Å²) in [7, 11) is 0. The van der Waals surface area contributed by atoms with Gasteiger partial charge in [-0.25, -0.2) is 9.37 Å². The number of aromatic nitrogens is 2. The Morgan fingerprint density at radius 2 is 2.17 bits per heavy atom. The van der Waals surface area contributed by atoms with Crippen molar-refractivity contribution in [3.05, 3.63) is 76.5 Å². The number of benzene rings is 1. The predicted octanol–water partition coefficient (Wildman–Crippen LogP) is 4.68. The lowest BCUT2D eigenvalue weighted by Crippen LogP contribution is -2.30. The molecule has 3 heterocycles. The molecule has 3 aromatic heterocycles. The van der Waals surface area contributed by atoms with Gasteiger partial charge in [-0.1, -0.05) is 12.1 Å². The molecular weight excluding hydrogens is 389 g/mol. The van der Waals surface area contributed by atoms with Gasteiger partial charge in [-0.15, -0.1) is 11.3 Å². The Kier molecular flexibility index (Phi) is 5.35. The molecule has 0 saturated heterocycles. The Morgan fingerprint density at radius 3 is 3.00 bits per heavy atom. The van der Waals surface area contributed by atoms with Gasteiger partial charge in [-0.2, -0.15) is 0 Å². The van der Waals surface area contributed by atoms with E-state index in [0.29, 0.717) is 16.1 Å². The third-order valence-electron chi connectivity index (χ3n) is 4.47. The van der Waals surface area contributed by atoms with E-state index in [1.165, 1.54) is 23.5 Å². The first-order valence-electron chi connectivity index (χ1n) is 8.91. The van der Waals surface area contributed by atoms with Gasteiger partial charge in [0, 0.05) is 17.8 Å². The van der Waals surface area contributed by atoms with Gasteiger partial charge in [0.25, 0.3) is 5.91 Å². The van der Waals surface area contributed by atoms with Crippen LogP contribution in [0.1, 0.15) is 21.3 Å². The number of nitrogens with one attached hydrogen (secondary N) is 3. The second-order valence-electron chi connectivity index (χ2n) is 6.37. The fourth-order valence-electron chi connectivity index (χ4n) is 3.11. The van der Waals surface area contributed by atoms with Crippen molar-refractivity contribution in [3.8, 4) is 0 Å². The molecule has 6 nitrogen and oxygen atoms in total. The molecule has 146 valence electrons. The second-order valence-corrected chi connectivity index (χ2v) is 7.29. The zero-order valence-corrected chi connectivity index (χ0v) is 16.2. The largest absolute Gasteiger partial charge is 0.354 e. The summed E-state index contributed by atoms with van der Waals surface area (Å²) in [5.41, 5.74) is 2.93. The third kappa shape index (κ3) is 4.02. The molecule has 1 amide bonds. The lowest BCUT2D eigenvalue weighted by Gasteiger charge is -2.17. The minimum atomic E-state index is -0.469. The van der Waals surface area contributed by atoms with Crippen LogP contribution in [0.3, 0.4) is 0 Å². The van der Waals surface area contributed by atoms with Gasteiger partial charge >= 0.3 is 0 Å². The van der Waals surface area contributed by atoms with Crippen LogP contribution in [-0.2, 0) is 0 Å². The first-order chi connectivity index (χ1) is 14.2. The molecule has 1 aromatic carbocycles. The summed E-state index contributed by atoms with van der Waals surface area (Å²) in [6.07, 6.45) is 3.51. The number of pyridine rings is 1. The smallest absolute Gasteiger partial charge is 0.264 e. The Balaban J connectivity index is 1.57. The van der Waals surface area contributed by atoms with Crippen LogP contribution in [0.4, 0.5) is 15.8 Å². The van der Waals surface area contributed by atoms with Crippen LogP contribution < -0.4 is 10.6 Å².